The molecule has 3 rings (SSSR count). The minimum Gasteiger partial charge on any atom is -0.388 e. The molecule has 0 aliphatic carbocycles. The largest absolute Gasteiger partial charge is 0.388 e. The summed E-state index contributed by atoms with van der Waals surface area (Å²) in [5.41, 5.74) is 3.21. The van der Waals surface area contributed by atoms with Crippen LogP contribution in [0.5, 0.6) is 0 Å². The first-order valence-electron chi connectivity index (χ1n) is 7.50. The first-order chi connectivity index (χ1) is 10.3. The summed E-state index contributed by atoms with van der Waals surface area (Å²) in [5, 5.41) is 10.5. The van der Waals surface area contributed by atoms with Crippen molar-refractivity contribution in [1.82, 2.24) is 9.97 Å². The Morgan fingerprint density at radius 3 is 2.62 bits per heavy atom. The number of aryl methyl sites for hydroxylation is 1. The standard InChI is InChI=1S/C17H21N3O/c1-13-16(5-3-9-19-13)20-10-6-14(7-11-20)17(21)15-4-2-8-18-12-15/h2-5,8-9,12,14,17,21H,6-7,10-11H2,1H3/t17-/m0/s1. The molecule has 21 heavy (non-hydrogen) atoms. The summed E-state index contributed by atoms with van der Waals surface area (Å²) in [5.74, 6) is 0.308. The van der Waals surface area contributed by atoms with Crippen LogP contribution in [0, 0.1) is 12.8 Å². The molecule has 0 saturated carbocycles. The van der Waals surface area contributed by atoms with Crippen LogP contribution in [0.2, 0.25) is 0 Å². The van der Waals surface area contributed by atoms with E-state index >= 15 is 0 Å². The predicted octanol–water partition coefficient (Wildman–Crippen LogP) is 2.74. The molecule has 4 nitrogen and oxygen atoms in total. The molecule has 1 saturated heterocycles. The van der Waals surface area contributed by atoms with Gasteiger partial charge in [0.2, 0.25) is 0 Å². The summed E-state index contributed by atoms with van der Waals surface area (Å²) < 4.78 is 0. The van der Waals surface area contributed by atoms with Crippen LogP contribution in [0.4, 0.5) is 5.69 Å². The van der Waals surface area contributed by atoms with Crippen molar-refractivity contribution in [2.45, 2.75) is 25.9 Å². The molecular weight excluding hydrogens is 262 g/mol. The van der Waals surface area contributed by atoms with Crippen molar-refractivity contribution >= 4 is 5.69 Å². The third-order valence-corrected chi connectivity index (χ3v) is 4.33. The topological polar surface area (TPSA) is 49.2 Å². The van der Waals surface area contributed by atoms with Crippen LogP contribution in [-0.4, -0.2) is 28.2 Å². The number of aliphatic hydroxyl groups is 1. The maximum absolute atomic E-state index is 10.5. The van der Waals surface area contributed by atoms with E-state index in [1.165, 1.54) is 5.69 Å². The molecule has 0 spiro atoms. The van der Waals surface area contributed by atoms with Gasteiger partial charge in [-0.3, -0.25) is 9.97 Å². The Kier molecular flexibility index (Phi) is 4.15. The molecule has 0 amide bonds. The van der Waals surface area contributed by atoms with Gasteiger partial charge in [0.25, 0.3) is 0 Å². The van der Waals surface area contributed by atoms with Gasteiger partial charge in [-0.25, -0.2) is 0 Å². The lowest BCUT2D eigenvalue weighted by Crippen LogP contribution is -2.36. The van der Waals surface area contributed by atoms with Crippen LogP contribution in [-0.2, 0) is 0 Å². The van der Waals surface area contributed by atoms with Crippen LogP contribution in [0.3, 0.4) is 0 Å². The Labute approximate surface area is 125 Å². The van der Waals surface area contributed by atoms with Crippen molar-refractivity contribution in [3.05, 3.63) is 54.1 Å². The van der Waals surface area contributed by atoms with Crippen LogP contribution in [0.25, 0.3) is 0 Å². The molecule has 1 atom stereocenters. The van der Waals surface area contributed by atoms with Gasteiger partial charge in [-0.15, -0.1) is 0 Å². The maximum Gasteiger partial charge on any atom is 0.0834 e. The summed E-state index contributed by atoms with van der Waals surface area (Å²) in [6, 6.07) is 7.95. The maximum atomic E-state index is 10.5. The fourth-order valence-corrected chi connectivity index (χ4v) is 3.09. The summed E-state index contributed by atoms with van der Waals surface area (Å²) in [4.78, 5) is 10.8. The first-order valence-corrected chi connectivity index (χ1v) is 7.50. The average Bonchev–Trinajstić information content (AvgIpc) is 2.56. The van der Waals surface area contributed by atoms with E-state index in [4.69, 9.17) is 0 Å². The van der Waals surface area contributed by atoms with E-state index in [0.29, 0.717) is 5.92 Å². The SMILES string of the molecule is Cc1ncccc1N1CCC([C@H](O)c2cccnc2)CC1. The van der Waals surface area contributed by atoms with E-state index < -0.39 is 6.10 Å². The lowest BCUT2D eigenvalue weighted by molar-refractivity contribution is 0.0926. The Morgan fingerprint density at radius 1 is 1.19 bits per heavy atom. The van der Waals surface area contributed by atoms with Crippen molar-refractivity contribution in [2.24, 2.45) is 5.92 Å². The number of rotatable bonds is 3. The summed E-state index contributed by atoms with van der Waals surface area (Å²) in [6.45, 7) is 3.98. The number of nitrogens with zero attached hydrogens (tertiary/aromatic N) is 3. The summed E-state index contributed by atoms with van der Waals surface area (Å²) in [7, 11) is 0. The zero-order valence-electron chi connectivity index (χ0n) is 12.3. The number of aromatic nitrogens is 2. The highest BCUT2D eigenvalue weighted by Crippen LogP contribution is 2.32. The van der Waals surface area contributed by atoms with Gasteiger partial charge in [0.15, 0.2) is 0 Å². The molecule has 4 heteroatoms. The Balaban J connectivity index is 1.64. The van der Waals surface area contributed by atoms with Crippen molar-refractivity contribution in [3.63, 3.8) is 0 Å². The zero-order valence-corrected chi connectivity index (χ0v) is 12.3. The minimum absolute atomic E-state index is 0.308. The zero-order chi connectivity index (χ0) is 14.7. The fourth-order valence-electron chi connectivity index (χ4n) is 3.09. The monoisotopic (exact) mass is 283 g/mol. The Morgan fingerprint density at radius 2 is 1.95 bits per heavy atom. The third kappa shape index (κ3) is 3.05. The van der Waals surface area contributed by atoms with Gasteiger partial charge in [-0.05, 0) is 49.4 Å². The van der Waals surface area contributed by atoms with E-state index in [1.807, 2.05) is 31.3 Å². The number of pyridine rings is 2. The third-order valence-electron chi connectivity index (χ3n) is 4.33. The molecular formula is C17H21N3O. The molecule has 2 aromatic heterocycles. The van der Waals surface area contributed by atoms with Gasteiger partial charge in [-0.1, -0.05) is 6.07 Å². The van der Waals surface area contributed by atoms with E-state index in [2.05, 4.69) is 20.9 Å². The van der Waals surface area contributed by atoms with Crippen LogP contribution in [0.1, 0.15) is 30.2 Å². The molecule has 1 aliphatic rings. The predicted molar refractivity (Wildman–Crippen MR) is 83.1 cm³/mol. The Bertz CT molecular complexity index is 580. The van der Waals surface area contributed by atoms with Crippen molar-refractivity contribution in [1.29, 1.82) is 0 Å². The van der Waals surface area contributed by atoms with Crippen LogP contribution < -0.4 is 4.90 Å². The molecule has 1 fully saturated rings. The molecule has 2 aromatic rings. The van der Waals surface area contributed by atoms with Gasteiger partial charge in [0.05, 0.1) is 17.5 Å². The molecule has 0 bridgehead atoms. The molecule has 0 aromatic carbocycles. The van der Waals surface area contributed by atoms with E-state index in [-0.39, 0.29) is 0 Å². The average molecular weight is 283 g/mol. The number of anilines is 1. The van der Waals surface area contributed by atoms with Gasteiger partial charge >= 0.3 is 0 Å². The van der Waals surface area contributed by atoms with E-state index in [1.54, 1.807) is 12.4 Å². The number of aliphatic hydroxyl groups excluding tert-OH is 1. The van der Waals surface area contributed by atoms with Gasteiger partial charge in [0.1, 0.15) is 0 Å². The quantitative estimate of drug-likeness (QED) is 0.941. The number of hydrogen-bond acceptors (Lipinski definition) is 4. The first kappa shape index (κ1) is 14.0. The van der Waals surface area contributed by atoms with E-state index in [9.17, 15) is 5.11 Å². The second-order valence-corrected chi connectivity index (χ2v) is 5.66. The van der Waals surface area contributed by atoms with Crippen molar-refractivity contribution < 1.29 is 5.11 Å². The van der Waals surface area contributed by atoms with Gasteiger partial charge < -0.3 is 10.0 Å². The minimum atomic E-state index is -0.407. The molecule has 1 aliphatic heterocycles. The van der Waals surface area contributed by atoms with Crippen molar-refractivity contribution in [3.8, 4) is 0 Å². The highest BCUT2D eigenvalue weighted by Gasteiger charge is 2.26. The summed E-state index contributed by atoms with van der Waals surface area (Å²) in [6.07, 6.45) is 6.91. The number of hydrogen-bond donors (Lipinski definition) is 1. The molecule has 3 heterocycles. The van der Waals surface area contributed by atoms with Gasteiger partial charge in [0, 0.05) is 31.7 Å². The molecule has 0 radical (unpaired) electrons. The lowest BCUT2D eigenvalue weighted by atomic mass is 9.88. The highest BCUT2D eigenvalue weighted by molar-refractivity contribution is 5.50. The van der Waals surface area contributed by atoms with Gasteiger partial charge in [-0.2, -0.15) is 0 Å². The van der Waals surface area contributed by atoms with Crippen LogP contribution in [0.15, 0.2) is 42.9 Å². The fraction of sp³-hybridized carbons (Fsp3) is 0.412. The van der Waals surface area contributed by atoms with Crippen LogP contribution >= 0.6 is 0 Å². The smallest absolute Gasteiger partial charge is 0.0834 e. The second kappa shape index (κ2) is 6.22. The molecule has 0 unspecified atom stereocenters. The summed E-state index contributed by atoms with van der Waals surface area (Å²) >= 11 is 0. The Hall–Kier alpha value is -1.94. The normalized spacial score (nSPS) is 17.7. The second-order valence-electron chi connectivity index (χ2n) is 5.66. The number of piperidine rings is 1. The molecule has 1 N–H and O–H groups in total. The van der Waals surface area contributed by atoms with E-state index in [0.717, 1.165) is 37.2 Å². The van der Waals surface area contributed by atoms with Crippen molar-refractivity contribution in [2.75, 3.05) is 18.0 Å². The lowest BCUT2D eigenvalue weighted by Gasteiger charge is -2.36. The highest BCUT2D eigenvalue weighted by atomic mass is 16.3. The molecule has 110 valence electrons.